The van der Waals surface area contributed by atoms with Gasteiger partial charge in [0.1, 0.15) is 6.54 Å². The largest absolute Gasteiger partial charge is 0.480 e. The van der Waals surface area contributed by atoms with Crippen molar-refractivity contribution >= 4 is 29.5 Å². The van der Waals surface area contributed by atoms with Crippen molar-refractivity contribution < 1.29 is 19.5 Å². The minimum Gasteiger partial charge on any atom is -0.480 e. The second-order valence-corrected chi connectivity index (χ2v) is 7.99. The number of hydrogen-bond acceptors (Lipinski definition) is 4. The molecule has 7 heteroatoms. The summed E-state index contributed by atoms with van der Waals surface area (Å²) in [6, 6.07) is -0.104. The summed E-state index contributed by atoms with van der Waals surface area (Å²) in [5.74, 6) is 0.139. The SMILES string of the molecule is CCSC(C(=O)N1CCCC(N(CC(=O)O)C(C)=O)CC1)C(C)C. The molecule has 0 aromatic carbocycles. The van der Waals surface area contributed by atoms with E-state index < -0.39 is 5.97 Å². The Bertz CT molecular complexity index is 456. The van der Waals surface area contributed by atoms with E-state index in [-0.39, 0.29) is 35.6 Å². The van der Waals surface area contributed by atoms with Gasteiger partial charge in [-0.2, -0.15) is 0 Å². The van der Waals surface area contributed by atoms with Crippen molar-refractivity contribution in [3.8, 4) is 0 Å². The number of carbonyl (C=O) groups is 3. The number of aliphatic carboxylic acids is 1. The number of rotatable bonds is 7. The molecule has 0 aliphatic carbocycles. The van der Waals surface area contributed by atoms with E-state index >= 15 is 0 Å². The lowest BCUT2D eigenvalue weighted by Gasteiger charge is -2.30. The van der Waals surface area contributed by atoms with Gasteiger partial charge >= 0.3 is 5.97 Å². The van der Waals surface area contributed by atoms with E-state index in [1.54, 1.807) is 11.8 Å². The highest BCUT2D eigenvalue weighted by Crippen LogP contribution is 2.24. The summed E-state index contributed by atoms with van der Waals surface area (Å²) < 4.78 is 0. The van der Waals surface area contributed by atoms with E-state index in [1.807, 2.05) is 4.90 Å². The maximum Gasteiger partial charge on any atom is 0.323 e. The van der Waals surface area contributed by atoms with Crippen LogP contribution in [-0.4, -0.2) is 69.4 Å². The lowest BCUT2D eigenvalue weighted by Crippen LogP contribution is -2.44. The van der Waals surface area contributed by atoms with E-state index in [1.165, 1.54) is 11.8 Å². The van der Waals surface area contributed by atoms with Gasteiger partial charge in [-0.05, 0) is 30.9 Å². The first-order valence-corrected chi connectivity index (χ1v) is 9.72. The normalized spacial score (nSPS) is 19.7. The topological polar surface area (TPSA) is 77.9 Å². The molecule has 1 N–H and O–H groups in total. The smallest absolute Gasteiger partial charge is 0.323 e. The van der Waals surface area contributed by atoms with Crippen molar-refractivity contribution in [3.63, 3.8) is 0 Å². The Labute approximate surface area is 148 Å². The van der Waals surface area contributed by atoms with Gasteiger partial charge in [-0.15, -0.1) is 11.8 Å². The number of thioether (sulfide) groups is 1. The molecule has 2 amide bonds. The number of carbonyl (C=O) groups excluding carboxylic acids is 2. The monoisotopic (exact) mass is 358 g/mol. The molecule has 6 nitrogen and oxygen atoms in total. The summed E-state index contributed by atoms with van der Waals surface area (Å²) in [5.41, 5.74) is 0. The van der Waals surface area contributed by atoms with Crippen molar-refractivity contribution in [2.75, 3.05) is 25.4 Å². The molecule has 2 unspecified atom stereocenters. The number of amides is 2. The Morgan fingerprint density at radius 1 is 1.25 bits per heavy atom. The van der Waals surface area contributed by atoms with Crippen LogP contribution >= 0.6 is 11.8 Å². The summed E-state index contributed by atoms with van der Waals surface area (Å²) >= 11 is 1.68. The zero-order chi connectivity index (χ0) is 18.3. The molecule has 0 saturated carbocycles. The standard InChI is InChI=1S/C17H30N2O4S/c1-5-24-16(12(2)3)17(23)18-9-6-7-14(8-10-18)19(13(4)20)11-15(21)22/h12,14,16H,5-11H2,1-4H3,(H,21,22). The van der Waals surface area contributed by atoms with Crippen LogP contribution in [0, 0.1) is 5.92 Å². The lowest BCUT2D eigenvalue weighted by molar-refractivity contribution is -0.145. The Balaban J connectivity index is 2.74. The number of carboxylic acid groups (broad SMARTS) is 1. The van der Waals surface area contributed by atoms with Crippen LogP contribution in [0.3, 0.4) is 0 Å². The van der Waals surface area contributed by atoms with Crippen LogP contribution in [0.1, 0.15) is 47.0 Å². The molecule has 0 radical (unpaired) electrons. The molecule has 0 aromatic heterocycles. The fourth-order valence-electron chi connectivity index (χ4n) is 3.16. The number of likely N-dealkylation sites (tertiary alicyclic amines) is 1. The van der Waals surface area contributed by atoms with Gasteiger partial charge in [0.2, 0.25) is 11.8 Å². The first kappa shape index (κ1) is 20.8. The van der Waals surface area contributed by atoms with Crippen LogP contribution in [0.15, 0.2) is 0 Å². The fraction of sp³-hybridized carbons (Fsp3) is 0.824. The van der Waals surface area contributed by atoms with Crippen molar-refractivity contribution in [3.05, 3.63) is 0 Å². The Hall–Kier alpha value is -1.24. The second-order valence-electron chi connectivity index (χ2n) is 6.57. The van der Waals surface area contributed by atoms with E-state index in [0.717, 1.165) is 18.6 Å². The first-order valence-electron chi connectivity index (χ1n) is 8.67. The highest BCUT2D eigenvalue weighted by Gasteiger charge is 2.31. The molecular weight excluding hydrogens is 328 g/mol. The summed E-state index contributed by atoms with van der Waals surface area (Å²) in [6.45, 7) is 8.59. The summed E-state index contributed by atoms with van der Waals surface area (Å²) in [7, 11) is 0. The van der Waals surface area contributed by atoms with Gasteiger partial charge in [-0.25, -0.2) is 0 Å². The molecule has 0 bridgehead atoms. The van der Waals surface area contributed by atoms with Gasteiger partial charge in [0.05, 0.1) is 5.25 Å². The Morgan fingerprint density at radius 3 is 2.42 bits per heavy atom. The molecule has 1 saturated heterocycles. The molecule has 2 atom stereocenters. The molecule has 1 rings (SSSR count). The van der Waals surface area contributed by atoms with Crippen LogP contribution < -0.4 is 0 Å². The zero-order valence-electron chi connectivity index (χ0n) is 15.2. The maximum absolute atomic E-state index is 12.8. The second kappa shape index (κ2) is 9.91. The molecular formula is C17H30N2O4S. The number of nitrogens with zero attached hydrogens (tertiary/aromatic N) is 2. The molecule has 1 aliphatic rings. The average molecular weight is 359 g/mol. The lowest BCUT2D eigenvalue weighted by atomic mass is 10.1. The minimum absolute atomic E-state index is 0.0329. The number of hydrogen-bond donors (Lipinski definition) is 1. The van der Waals surface area contributed by atoms with E-state index in [9.17, 15) is 14.4 Å². The Morgan fingerprint density at radius 2 is 1.92 bits per heavy atom. The Kier molecular flexibility index (Phi) is 8.59. The maximum atomic E-state index is 12.8. The quantitative estimate of drug-likeness (QED) is 0.754. The fourth-order valence-corrected chi connectivity index (χ4v) is 4.20. The molecule has 138 valence electrons. The van der Waals surface area contributed by atoms with Crippen molar-refractivity contribution in [1.82, 2.24) is 9.80 Å². The van der Waals surface area contributed by atoms with Gasteiger partial charge in [-0.3, -0.25) is 14.4 Å². The molecule has 1 aliphatic heterocycles. The molecule has 24 heavy (non-hydrogen) atoms. The third-order valence-corrected chi connectivity index (χ3v) is 5.79. The number of carboxylic acids is 1. The van der Waals surface area contributed by atoms with E-state index in [2.05, 4.69) is 20.8 Å². The van der Waals surface area contributed by atoms with Gasteiger partial charge in [-0.1, -0.05) is 20.8 Å². The molecule has 0 aromatic rings. The van der Waals surface area contributed by atoms with Gasteiger partial charge in [0.15, 0.2) is 0 Å². The van der Waals surface area contributed by atoms with E-state index in [4.69, 9.17) is 5.11 Å². The third-order valence-electron chi connectivity index (χ3n) is 4.36. The predicted octanol–water partition coefficient (Wildman–Crippen LogP) is 2.08. The summed E-state index contributed by atoms with van der Waals surface area (Å²) in [6.07, 6.45) is 2.17. The first-order chi connectivity index (χ1) is 11.3. The summed E-state index contributed by atoms with van der Waals surface area (Å²) in [4.78, 5) is 38.9. The minimum atomic E-state index is -0.999. The average Bonchev–Trinajstić information content (AvgIpc) is 2.74. The van der Waals surface area contributed by atoms with Crippen LogP contribution in [0.25, 0.3) is 0 Å². The van der Waals surface area contributed by atoms with Crippen molar-refractivity contribution in [2.45, 2.75) is 58.2 Å². The third kappa shape index (κ3) is 6.00. The summed E-state index contributed by atoms with van der Waals surface area (Å²) in [5, 5.41) is 8.97. The van der Waals surface area contributed by atoms with Crippen LogP contribution in [0.5, 0.6) is 0 Å². The van der Waals surface area contributed by atoms with Crippen LogP contribution in [0.4, 0.5) is 0 Å². The molecule has 0 spiro atoms. The van der Waals surface area contributed by atoms with Gasteiger partial charge < -0.3 is 14.9 Å². The van der Waals surface area contributed by atoms with Gasteiger partial charge in [0, 0.05) is 26.1 Å². The molecule has 1 heterocycles. The highest BCUT2D eigenvalue weighted by molar-refractivity contribution is 8.00. The highest BCUT2D eigenvalue weighted by atomic mass is 32.2. The predicted molar refractivity (Wildman–Crippen MR) is 96.0 cm³/mol. The van der Waals surface area contributed by atoms with Crippen LogP contribution in [0.2, 0.25) is 0 Å². The van der Waals surface area contributed by atoms with E-state index in [0.29, 0.717) is 19.5 Å². The zero-order valence-corrected chi connectivity index (χ0v) is 16.0. The molecule has 1 fully saturated rings. The van der Waals surface area contributed by atoms with Crippen molar-refractivity contribution in [2.24, 2.45) is 5.92 Å². The van der Waals surface area contributed by atoms with Gasteiger partial charge in [0.25, 0.3) is 0 Å². The van der Waals surface area contributed by atoms with Crippen molar-refractivity contribution in [1.29, 1.82) is 0 Å². The van der Waals surface area contributed by atoms with Crippen LogP contribution in [-0.2, 0) is 14.4 Å².